The van der Waals surface area contributed by atoms with Crippen molar-refractivity contribution in [3.63, 3.8) is 0 Å². The molecule has 0 aromatic heterocycles. The number of nitrogens with one attached hydrogen (secondary N) is 1. The zero-order valence-corrected chi connectivity index (χ0v) is 16.9. The van der Waals surface area contributed by atoms with E-state index < -0.39 is 36.1 Å². The second kappa shape index (κ2) is 8.43. The van der Waals surface area contributed by atoms with Gasteiger partial charge in [-0.25, -0.2) is 14.1 Å². The smallest absolute Gasteiger partial charge is 0.338 e. The first-order valence-electron chi connectivity index (χ1n) is 9.67. The van der Waals surface area contributed by atoms with Gasteiger partial charge < -0.3 is 10.1 Å². The minimum Gasteiger partial charge on any atom is -0.452 e. The number of amides is 3. The molecule has 0 fully saturated rings. The number of anilines is 2. The number of imide groups is 1. The predicted molar refractivity (Wildman–Crippen MR) is 114 cm³/mol. The van der Waals surface area contributed by atoms with Gasteiger partial charge in [0.1, 0.15) is 5.82 Å². The molecule has 3 amide bonds. The summed E-state index contributed by atoms with van der Waals surface area (Å²) in [5.41, 5.74) is 1.44. The molecule has 0 bridgehead atoms. The van der Waals surface area contributed by atoms with Crippen molar-refractivity contribution in [2.24, 2.45) is 0 Å². The van der Waals surface area contributed by atoms with Crippen LogP contribution in [0.25, 0.3) is 0 Å². The minimum atomic E-state index is -0.855. The van der Waals surface area contributed by atoms with E-state index in [1.54, 1.807) is 37.3 Å². The molecule has 8 heteroatoms. The Kier molecular flexibility index (Phi) is 5.51. The number of ether oxygens (including phenoxy) is 1. The Balaban J connectivity index is 1.47. The predicted octanol–water partition coefficient (Wildman–Crippen LogP) is 3.73. The van der Waals surface area contributed by atoms with Crippen LogP contribution in [-0.2, 0) is 9.53 Å². The molecule has 1 heterocycles. The second-order valence-electron chi connectivity index (χ2n) is 7.10. The molecule has 7 nitrogen and oxygen atoms in total. The van der Waals surface area contributed by atoms with Crippen LogP contribution in [-0.4, -0.2) is 30.3 Å². The van der Waals surface area contributed by atoms with Crippen LogP contribution in [0.4, 0.5) is 15.8 Å². The quantitative estimate of drug-likeness (QED) is 0.490. The highest BCUT2D eigenvalue weighted by molar-refractivity contribution is 6.34. The standard InChI is InChI=1S/C24H17FN2O5/c1-14-6-2-5-9-20(14)27-22(29)16-11-10-15(12-17(16)23(27)30)24(31)32-13-21(28)26-19-8-4-3-7-18(19)25/h2-12H,13H2,1H3,(H,26,28). The van der Waals surface area contributed by atoms with E-state index >= 15 is 0 Å². The summed E-state index contributed by atoms with van der Waals surface area (Å²) in [4.78, 5) is 51.0. The van der Waals surface area contributed by atoms with Crippen LogP contribution in [0, 0.1) is 12.7 Å². The second-order valence-corrected chi connectivity index (χ2v) is 7.10. The van der Waals surface area contributed by atoms with Crippen molar-refractivity contribution in [3.8, 4) is 0 Å². The van der Waals surface area contributed by atoms with Crippen LogP contribution < -0.4 is 10.2 Å². The highest BCUT2D eigenvalue weighted by atomic mass is 19.1. The summed E-state index contributed by atoms with van der Waals surface area (Å²) in [5, 5.41) is 2.30. The topological polar surface area (TPSA) is 92.8 Å². The van der Waals surface area contributed by atoms with Crippen molar-refractivity contribution in [2.45, 2.75) is 6.92 Å². The van der Waals surface area contributed by atoms with Crippen molar-refractivity contribution >= 4 is 35.1 Å². The molecule has 160 valence electrons. The molecule has 3 aromatic carbocycles. The first-order chi connectivity index (χ1) is 15.4. The average Bonchev–Trinajstić information content (AvgIpc) is 3.03. The highest BCUT2D eigenvalue weighted by Gasteiger charge is 2.37. The molecule has 0 spiro atoms. The number of halogens is 1. The van der Waals surface area contributed by atoms with Gasteiger partial charge in [-0.2, -0.15) is 0 Å². The van der Waals surface area contributed by atoms with Gasteiger partial charge in [0.05, 0.1) is 28.1 Å². The molecule has 32 heavy (non-hydrogen) atoms. The van der Waals surface area contributed by atoms with Gasteiger partial charge in [0.15, 0.2) is 6.61 Å². The van der Waals surface area contributed by atoms with E-state index in [0.717, 1.165) is 10.5 Å². The van der Waals surface area contributed by atoms with Crippen molar-refractivity contribution in [1.29, 1.82) is 0 Å². The van der Waals surface area contributed by atoms with E-state index in [-0.39, 0.29) is 22.4 Å². The Labute approximate surface area is 182 Å². The number of para-hydroxylation sites is 2. The lowest BCUT2D eigenvalue weighted by atomic mass is 10.1. The lowest BCUT2D eigenvalue weighted by Crippen LogP contribution is -2.29. The third kappa shape index (κ3) is 3.85. The van der Waals surface area contributed by atoms with Gasteiger partial charge in [0.25, 0.3) is 17.7 Å². The van der Waals surface area contributed by atoms with Crippen molar-refractivity contribution in [2.75, 3.05) is 16.8 Å². The molecule has 0 unspecified atom stereocenters. The fourth-order valence-electron chi connectivity index (χ4n) is 3.36. The summed E-state index contributed by atoms with van der Waals surface area (Å²) >= 11 is 0. The molecule has 0 atom stereocenters. The summed E-state index contributed by atoms with van der Waals surface area (Å²) < 4.78 is 18.6. The number of hydrogen-bond donors (Lipinski definition) is 1. The lowest BCUT2D eigenvalue weighted by molar-refractivity contribution is -0.119. The normalized spacial score (nSPS) is 12.5. The maximum absolute atomic E-state index is 13.6. The van der Waals surface area contributed by atoms with Crippen LogP contribution in [0.5, 0.6) is 0 Å². The zero-order chi connectivity index (χ0) is 22.8. The van der Waals surface area contributed by atoms with Crippen molar-refractivity contribution < 1.29 is 28.3 Å². The summed E-state index contributed by atoms with van der Waals surface area (Å²) in [6.45, 7) is 1.14. The Morgan fingerprint density at radius 1 is 0.938 bits per heavy atom. The molecule has 1 aliphatic heterocycles. The zero-order valence-electron chi connectivity index (χ0n) is 16.9. The number of esters is 1. The third-order valence-electron chi connectivity index (χ3n) is 4.96. The molecular weight excluding hydrogens is 415 g/mol. The molecule has 0 saturated carbocycles. The molecule has 0 aliphatic carbocycles. The Bertz CT molecular complexity index is 1270. The first kappa shape index (κ1) is 20.9. The summed E-state index contributed by atoms with van der Waals surface area (Å²) in [6.07, 6.45) is 0. The molecule has 1 aliphatic rings. The number of aryl methyl sites for hydroxylation is 1. The number of nitrogens with zero attached hydrogens (tertiary/aromatic N) is 1. The van der Waals surface area contributed by atoms with Gasteiger partial charge in [0.2, 0.25) is 0 Å². The summed E-state index contributed by atoms with van der Waals surface area (Å²) in [6, 6.07) is 16.6. The van der Waals surface area contributed by atoms with E-state index in [1.807, 2.05) is 0 Å². The van der Waals surface area contributed by atoms with Gasteiger partial charge in [0, 0.05) is 0 Å². The third-order valence-corrected chi connectivity index (χ3v) is 4.96. The van der Waals surface area contributed by atoms with E-state index in [0.29, 0.717) is 5.69 Å². The fraction of sp³-hybridized carbons (Fsp3) is 0.0833. The summed E-state index contributed by atoms with van der Waals surface area (Å²) in [7, 11) is 0. The molecule has 3 aromatic rings. The first-order valence-corrected chi connectivity index (χ1v) is 9.67. The SMILES string of the molecule is Cc1ccccc1N1C(=O)c2ccc(C(=O)OCC(=O)Nc3ccccc3F)cc2C1=O. The fourth-order valence-corrected chi connectivity index (χ4v) is 3.36. The maximum atomic E-state index is 13.6. The van der Waals surface area contributed by atoms with Gasteiger partial charge in [-0.1, -0.05) is 30.3 Å². The van der Waals surface area contributed by atoms with E-state index in [9.17, 15) is 23.6 Å². The molecule has 1 N–H and O–H groups in total. The van der Waals surface area contributed by atoms with E-state index in [2.05, 4.69) is 5.32 Å². The average molecular weight is 432 g/mol. The van der Waals surface area contributed by atoms with Crippen LogP contribution in [0.15, 0.2) is 66.7 Å². The van der Waals surface area contributed by atoms with Crippen LogP contribution in [0.1, 0.15) is 36.6 Å². The van der Waals surface area contributed by atoms with Gasteiger partial charge in [-0.3, -0.25) is 14.4 Å². The monoisotopic (exact) mass is 432 g/mol. The van der Waals surface area contributed by atoms with Gasteiger partial charge in [-0.05, 0) is 48.9 Å². The number of carbonyl (C=O) groups is 4. The number of rotatable bonds is 5. The number of carbonyl (C=O) groups excluding carboxylic acids is 4. The van der Waals surface area contributed by atoms with Crippen LogP contribution in [0.2, 0.25) is 0 Å². The Hall–Kier alpha value is -4.33. The van der Waals surface area contributed by atoms with Crippen LogP contribution in [0.3, 0.4) is 0 Å². The van der Waals surface area contributed by atoms with Crippen molar-refractivity contribution in [3.05, 3.63) is 94.8 Å². The van der Waals surface area contributed by atoms with Gasteiger partial charge in [-0.15, -0.1) is 0 Å². The van der Waals surface area contributed by atoms with E-state index in [4.69, 9.17) is 4.74 Å². The Morgan fingerprint density at radius 2 is 1.62 bits per heavy atom. The number of fused-ring (bicyclic) bond motifs is 1. The lowest BCUT2D eigenvalue weighted by Gasteiger charge is -2.16. The maximum Gasteiger partial charge on any atom is 0.338 e. The van der Waals surface area contributed by atoms with E-state index in [1.165, 1.54) is 36.4 Å². The number of hydrogen-bond acceptors (Lipinski definition) is 5. The highest BCUT2D eigenvalue weighted by Crippen LogP contribution is 2.31. The number of benzene rings is 3. The molecular formula is C24H17FN2O5. The minimum absolute atomic E-state index is 0.00947. The molecule has 4 rings (SSSR count). The largest absolute Gasteiger partial charge is 0.452 e. The Morgan fingerprint density at radius 3 is 2.38 bits per heavy atom. The van der Waals surface area contributed by atoms with Crippen molar-refractivity contribution in [1.82, 2.24) is 0 Å². The van der Waals surface area contributed by atoms with Crippen LogP contribution >= 0.6 is 0 Å². The molecule has 0 saturated heterocycles. The van der Waals surface area contributed by atoms with Gasteiger partial charge >= 0.3 is 5.97 Å². The summed E-state index contributed by atoms with van der Waals surface area (Å²) in [5.74, 6) is -3.23. The molecule has 0 radical (unpaired) electrons.